The Morgan fingerprint density at radius 3 is 2.24 bits per heavy atom. The van der Waals surface area contributed by atoms with E-state index >= 15 is 0 Å². The molecule has 0 aliphatic carbocycles. The van der Waals surface area contributed by atoms with Crippen molar-refractivity contribution in [1.82, 2.24) is 0 Å². The second-order valence-corrected chi connectivity index (χ2v) is 5.75. The van der Waals surface area contributed by atoms with Crippen molar-refractivity contribution in [3.05, 3.63) is 29.8 Å². The van der Waals surface area contributed by atoms with Gasteiger partial charge in [0.1, 0.15) is 0 Å². The lowest BCUT2D eigenvalue weighted by Crippen LogP contribution is -2.22. The summed E-state index contributed by atoms with van der Waals surface area (Å²) in [5.41, 5.74) is 1.46. The molecule has 1 aromatic carbocycles. The molecule has 0 atom stereocenters. The van der Waals surface area contributed by atoms with Crippen molar-refractivity contribution < 1.29 is 18.3 Å². The summed E-state index contributed by atoms with van der Waals surface area (Å²) in [5.74, 6) is -1.95. The molecule has 0 bridgehead atoms. The highest BCUT2D eigenvalue weighted by Crippen LogP contribution is 2.17. The monoisotopic (exact) mass is 257 g/mol. The van der Waals surface area contributed by atoms with Crippen molar-refractivity contribution in [1.29, 1.82) is 0 Å². The number of rotatable bonds is 5. The summed E-state index contributed by atoms with van der Waals surface area (Å²) < 4.78 is 24.9. The number of hydrogen-bond acceptors (Lipinski definition) is 3. The fourth-order valence-corrected chi connectivity index (χ4v) is 2.21. The molecule has 6 heteroatoms. The number of anilines is 1. The molecular formula is C11H15NO4S. The number of carboxylic acids is 1. The van der Waals surface area contributed by atoms with Crippen LogP contribution in [0, 0.1) is 0 Å². The van der Waals surface area contributed by atoms with Crippen LogP contribution in [0.25, 0.3) is 0 Å². The van der Waals surface area contributed by atoms with E-state index < -0.39 is 21.7 Å². The number of carbonyl (C=O) groups is 1. The van der Waals surface area contributed by atoms with E-state index in [1.54, 1.807) is 12.1 Å². The quantitative estimate of drug-likeness (QED) is 0.839. The van der Waals surface area contributed by atoms with Gasteiger partial charge in [-0.3, -0.25) is 9.52 Å². The molecule has 0 unspecified atom stereocenters. The van der Waals surface area contributed by atoms with Gasteiger partial charge in [0.25, 0.3) is 0 Å². The van der Waals surface area contributed by atoms with Crippen LogP contribution < -0.4 is 4.72 Å². The van der Waals surface area contributed by atoms with Crippen LogP contribution in [0.5, 0.6) is 0 Å². The molecule has 0 spiro atoms. The molecule has 0 radical (unpaired) electrons. The van der Waals surface area contributed by atoms with E-state index in [4.69, 9.17) is 5.11 Å². The fraction of sp³-hybridized carbons (Fsp3) is 0.364. The first kappa shape index (κ1) is 13.5. The van der Waals surface area contributed by atoms with Gasteiger partial charge in [-0.1, -0.05) is 26.0 Å². The Balaban J connectivity index is 2.79. The zero-order valence-corrected chi connectivity index (χ0v) is 10.5. The molecule has 0 saturated heterocycles. The predicted octanol–water partition coefficient (Wildman–Crippen LogP) is 1.64. The van der Waals surface area contributed by atoms with Crippen LogP contribution in [0.1, 0.15) is 25.3 Å². The minimum Gasteiger partial charge on any atom is -0.480 e. The van der Waals surface area contributed by atoms with E-state index in [0.717, 1.165) is 5.56 Å². The molecule has 0 aromatic heterocycles. The van der Waals surface area contributed by atoms with Crippen LogP contribution in [-0.4, -0.2) is 25.2 Å². The van der Waals surface area contributed by atoms with Crippen LogP contribution in [0.4, 0.5) is 5.69 Å². The van der Waals surface area contributed by atoms with Crippen LogP contribution in [0.3, 0.4) is 0 Å². The molecule has 5 nitrogen and oxygen atoms in total. The first-order valence-corrected chi connectivity index (χ1v) is 6.77. The van der Waals surface area contributed by atoms with Gasteiger partial charge in [-0.05, 0) is 23.6 Å². The van der Waals surface area contributed by atoms with Crippen molar-refractivity contribution in [3.63, 3.8) is 0 Å². The van der Waals surface area contributed by atoms with Crippen LogP contribution in [0.2, 0.25) is 0 Å². The number of aliphatic carboxylic acids is 1. The Morgan fingerprint density at radius 2 is 1.82 bits per heavy atom. The third-order valence-corrected chi connectivity index (χ3v) is 3.34. The van der Waals surface area contributed by atoms with E-state index in [1.807, 2.05) is 26.0 Å². The Hall–Kier alpha value is -1.56. The highest BCUT2D eigenvalue weighted by molar-refractivity contribution is 7.93. The van der Waals surface area contributed by atoms with E-state index in [-0.39, 0.29) is 0 Å². The van der Waals surface area contributed by atoms with Gasteiger partial charge in [0.15, 0.2) is 5.75 Å². The fourth-order valence-electron chi connectivity index (χ4n) is 1.31. The molecule has 0 fully saturated rings. The summed E-state index contributed by atoms with van der Waals surface area (Å²) in [6.07, 6.45) is 0. The van der Waals surface area contributed by atoms with E-state index in [0.29, 0.717) is 11.6 Å². The SMILES string of the molecule is CC(C)c1ccc(NS(=O)(=O)CC(=O)O)cc1. The first-order chi connectivity index (χ1) is 7.80. The van der Waals surface area contributed by atoms with Crippen LogP contribution >= 0.6 is 0 Å². The third kappa shape index (κ3) is 4.44. The molecule has 0 saturated carbocycles. The van der Waals surface area contributed by atoms with Gasteiger partial charge in [0.2, 0.25) is 10.0 Å². The van der Waals surface area contributed by atoms with Crippen molar-refractivity contribution >= 4 is 21.7 Å². The number of nitrogens with one attached hydrogen (secondary N) is 1. The third-order valence-electron chi connectivity index (χ3n) is 2.16. The summed E-state index contributed by atoms with van der Waals surface area (Å²) in [7, 11) is -3.82. The maximum Gasteiger partial charge on any atom is 0.320 e. The highest BCUT2D eigenvalue weighted by Gasteiger charge is 2.15. The molecule has 2 N–H and O–H groups in total. The van der Waals surface area contributed by atoms with Crippen molar-refractivity contribution in [3.8, 4) is 0 Å². The lowest BCUT2D eigenvalue weighted by atomic mass is 10.0. The number of sulfonamides is 1. The summed E-state index contributed by atoms with van der Waals surface area (Å²) in [6.45, 7) is 4.06. The largest absolute Gasteiger partial charge is 0.480 e. The maximum atomic E-state index is 11.3. The molecule has 17 heavy (non-hydrogen) atoms. The van der Waals surface area contributed by atoms with Crippen molar-refractivity contribution in [2.24, 2.45) is 0 Å². The molecular weight excluding hydrogens is 242 g/mol. The van der Waals surface area contributed by atoms with E-state index in [2.05, 4.69) is 4.72 Å². The minimum atomic E-state index is -3.82. The summed E-state index contributed by atoms with van der Waals surface area (Å²) in [6, 6.07) is 6.86. The molecule has 0 heterocycles. The average Bonchev–Trinajstić information content (AvgIpc) is 2.15. The molecule has 1 aromatic rings. The predicted molar refractivity (Wildman–Crippen MR) is 65.6 cm³/mol. The second kappa shape index (κ2) is 5.18. The lowest BCUT2D eigenvalue weighted by molar-refractivity contribution is -0.134. The van der Waals surface area contributed by atoms with Gasteiger partial charge in [0.05, 0.1) is 0 Å². The summed E-state index contributed by atoms with van der Waals surface area (Å²) in [4.78, 5) is 10.3. The first-order valence-electron chi connectivity index (χ1n) is 5.12. The minimum absolute atomic E-state index is 0.361. The second-order valence-electron chi connectivity index (χ2n) is 4.03. The Bertz CT molecular complexity index is 491. The molecule has 94 valence electrons. The number of carboxylic acid groups (broad SMARTS) is 1. The van der Waals surface area contributed by atoms with Gasteiger partial charge in [0, 0.05) is 5.69 Å². The lowest BCUT2D eigenvalue weighted by Gasteiger charge is -2.08. The standard InChI is InChI=1S/C11H15NO4S/c1-8(2)9-3-5-10(6-4-9)12-17(15,16)7-11(13)14/h3-6,8,12H,7H2,1-2H3,(H,13,14). The van der Waals surface area contributed by atoms with E-state index in [1.165, 1.54) is 0 Å². The zero-order valence-electron chi connectivity index (χ0n) is 9.67. The topological polar surface area (TPSA) is 83.5 Å². The molecule has 0 aliphatic heterocycles. The molecule has 1 rings (SSSR count). The number of benzene rings is 1. The van der Waals surface area contributed by atoms with Gasteiger partial charge < -0.3 is 5.11 Å². The van der Waals surface area contributed by atoms with Crippen LogP contribution in [-0.2, 0) is 14.8 Å². The normalized spacial score (nSPS) is 11.5. The van der Waals surface area contributed by atoms with Gasteiger partial charge in [-0.25, -0.2) is 8.42 Å². The van der Waals surface area contributed by atoms with E-state index in [9.17, 15) is 13.2 Å². The zero-order chi connectivity index (χ0) is 13.1. The van der Waals surface area contributed by atoms with Gasteiger partial charge in [-0.15, -0.1) is 0 Å². The molecule has 0 aliphatic rings. The smallest absolute Gasteiger partial charge is 0.320 e. The van der Waals surface area contributed by atoms with Crippen molar-refractivity contribution in [2.45, 2.75) is 19.8 Å². The number of hydrogen-bond donors (Lipinski definition) is 2. The maximum absolute atomic E-state index is 11.3. The Kier molecular flexibility index (Phi) is 4.11. The summed E-state index contributed by atoms with van der Waals surface area (Å²) in [5, 5.41) is 8.42. The van der Waals surface area contributed by atoms with Gasteiger partial charge >= 0.3 is 5.97 Å². The Morgan fingerprint density at radius 1 is 1.29 bits per heavy atom. The van der Waals surface area contributed by atoms with Gasteiger partial charge in [-0.2, -0.15) is 0 Å². The summed E-state index contributed by atoms with van der Waals surface area (Å²) >= 11 is 0. The van der Waals surface area contributed by atoms with Crippen LogP contribution in [0.15, 0.2) is 24.3 Å². The molecule has 0 amide bonds. The Labute approximate surface area is 101 Å². The highest BCUT2D eigenvalue weighted by atomic mass is 32.2. The average molecular weight is 257 g/mol. The van der Waals surface area contributed by atoms with Crippen molar-refractivity contribution in [2.75, 3.05) is 10.5 Å².